The van der Waals surface area contributed by atoms with Gasteiger partial charge in [0.15, 0.2) is 0 Å². The maximum atomic E-state index is 12.0. The number of amides is 2. The molecule has 6 heteroatoms. The highest BCUT2D eigenvalue weighted by atomic mass is 16.3. The molecule has 2 heterocycles. The van der Waals surface area contributed by atoms with Gasteiger partial charge in [-0.25, -0.2) is 0 Å². The van der Waals surface area contributed by atoms with E-state index in [1.54, 1.807) is 6.26 Å². The summed E-state index contributed by atoms with van der Waals surface area (Å²) in [7, 11) is 0. The summed E-state index contributed by atoms with van der Waals surface area (Å²) in [5.41, 5.74) is 2.43. The zero-order valence-electron chi connectivity index (χ0n) is 14.3. The first-order valence-corrected chi connectivity index (χ1v) is 8.64. The molecule has 6 nitrogen and oxygen atoms in total. The van der Waals surface area contributed by atoms with Gasteiger partial charge in [-0.15, -0.1) is 0 Å². The van der Waals surface area contributed by atoms with Crippen molar-refractivity contribution in [3.63, 3.8) is 0 Å². The molecule has 2 amide bonds. The van der Waals surface area contributed by atoms with Crippen LogP contribution >= 0.6 is 0 Å². The average Bonchev–Trinajstić information content (AvgIpc) is 3.30. The van der Waals surface area contributed by atoms with Gasteiger partial charge in [0.05, 0.1) is 6.26 Å². The summed E-state index contributed by atoms with van der Waals surface area (Å²) in [5.74, 6) is -0.440. The quantitative estimate of drug-likeness (QED) is 0.789. The molecule has 132 valence electrons. The van der Waals surface area contributed by atoms with Crippen LogP contribution in [0.4, 0.5) is 5.69 Å². The van der Waals surface area contributed by atoms with Crippen LogP contribution in [0, 0.1) is 0 Å². The van der Waals surface area contributed by atoms with Gasteiger partial charge in [0, 0.05) is 25.3 Å². The number of benzene rings is 1. The summed E-state index contributed by atoms with van der Waals surface area (Å²) >= 11 is 0. The lowest BCUT2D eigenvalue weighted by Gasteiger charge is -2.29. The topological polar surface area (TPSA) is 74.6 Å². The van der Waals surface area contributed by atoms with E-state index in [0.717, 1.165) is 30.8 Å². The Balaban J connectivity index is 1.72. The second kappa shape index (κ2) is 7.88. The van der Waals surface area contributed by atoms with Crippen molar-refractivity contribution in [3.8, 4) is 0 Å². The first kappa shape index (κ1) is 17.1. The van der Waals surface area contributed by atoms with E-state index in [1.807, 2.05) is 31.2 Å². The third-order valence-corrected chi connectivity index (χ3v) is 4.37. The molecule has 25 heavy (non-hydrogen) atoms. The van der Waals surface area contributed by atoms with E-state index in [-0.39, 0.29) is 6.04 Å². The fourth-order valence-corrected chi connectivity index (χ4v) is 3.12. The number of furan rings is 1. The van der Waals surface area contributed by atoms with Crippen molar-refractivity contribution in [1.29, 1.82) is 0 Å². The first-order chi connectivity index (χ1) is 12.2. The largest absolute Gasteiger partial charge is 0.467 e. The SMILES string of the molecule is CCCNC(=O)C(=O)NC[C@@H](c1ccco1)N1CCc2ccccc21. The van der Waals surface area contributed by atoms with Crippen LogP contribution in [0.3, 0.4) is 0 Å². The summed E-state index contributed by atoms with van der Waals surface area (Å²) in [5, 5.41) is 5.32. The van der Waals surface area contributed by atoms with Crippen LogP contribution in [0.2, 0.25) is 0 Å². The molecule has 1 aromatic carbocycles. The predicted octanol–water partition coefficient (Wildman–Crippen LogP) is 2.03. The fraction of sp³-hybridized carbons (Fsp3) is 0.368. The molecule has 0 aliphatic carbocycles. The van der Waals surface area contributed by atoms with E-state index in [1.165, 1.54) is 5.56 Å². The lowest BCUT2D eigenvalue weighted by atomic mass is 10.1. The Morgan fingerprint density at radius 3 is 2.72 bits per heavy atom. The molecular formula is C19H23N3O3. The molecule has 1 aliphatic rings. The van der Waals surface area contributed by atoms with Gasteiger partial charge in [-0.1, -0.05) is 25.1 Å². The molecular weight excluding hydrogens is 318 g/mol. The van der Waals surface area contributed by atoms with Crippen molar-refractivity contribution >= 4 is 17.5 Å². The van der Waals surface area contributed by atoms with E-state index in [4.69, 9.17) is 4.42 Å². The molecule has 2 aromatic rings. The number of nitrogens with one attached hydrogen (secondary N) is 2. The third-order valence-electron chi connectivity index (χ3n) is 4.37. The third kappa shape index (κ3) is 3.84. The van der Waals surface area contributed by atoms with Crippen LogP contribution in [0.5, 0.6) is 0 Å². The Bertz CT molecular complexity index is 727. The molecule has 0 radical (unpaired) electrons. The number of carbonyl (C=O) groups is 2. The average molecular weight is 341 g/mol. The lowest BCUT2D eigenvalue weighted by molar-refractivity contribution is -0.139. The highest BCUT2D eigenvalue weighted by Gasteiger charge is 2.29. The zero-order valence-corrected chi connectivity index (χ0v) is 14.3. The minimum atomic E-state index is -0.613. The molecule has 1 atom stereocenters. The summed E-state index contributed by atoms with van der Waals surface area (Å²) in [6, 6.07) is 11.8. The lowest BCUT2D eigenvalue weighted by Crippen LogP contribution is -2.44. The van der Waals surface area contributed by atoms with E-state index in [9.17, 15) is 9.59 Å². The molecule has 0 saturated carbocycles. The number of anilines is 1. The van der Waals surface area contributed by atoms with Gasteiger partial charge in [-0.05, 0) is 36.6 Å². The predicted molar refractivity (Wildman–Crippen MR) is 95.3 cm³/mol. The van der Waals surface area contributed by atoms with Gasteiger partial charge in [0.2, 0.25) is 0 Å². The Kier molecular flexibility index (Phi) is 5.38. The minimum Gasteiger partial charge on any atom is -0.467 e. The van der Waals surface area contributed by atoms with E-state index < -0.39 is 11.8 Å². The standard InChI is InChI=1S/C19H23N3O3/c1-2-10-20-18(23)19(24)21-13-16(17-8-5-12-25-17)22-11-9-14-6-3-4-7-15(14)22/h3-8,12,16H,2,9-11,13H2,1H3,(H,20,23)(H,21,24)/t16-/m0/s1. The summed E-state index contributed by atoms with van der Waals surface area (Å²) < 4.78 is 5.59. The Morgan fingerprint density at radius 2 is 1.96 bits per heavy atom. The second-order valence-corrected chi connectivity index (χ2v) is 6.07. The molecule has 1 aliphatic heterocycles. The number of para-hydroxylation sites is 1. The molecule has 0 saturated heterocycles. The van der Waals surface area contributed by atoms with Crippen molar-refractivity contribution in [2.75, 3.05) is 24.5 Å². The van der Waals surface area contributed by atoms with Crippen molar-refractivity contribution in [2.24, 2.45) is 0 Å². The molecule has 0 fully saturated rings. The number of fused-ring (bicyclic) bond motifs is 1. The highest BCUT2D eigenvalue weighted by molar-refractivity contribution is 6.35. The number of carbonyl (C=O) groups excluding carboxylic acids is 2. The Morgan fingerprint density at radius 1 is 1.16 bits per heavy atom. The van der Waals surface area contributed by atoms with Gasteiger partial charge in [0.1, 0.15) is 11.8 Å². The number of hydrogen-bond acceptors (Lipinski definition) is 4. The highest BCUT2D eigenvalue weighted by Crippen LogP contribution is 2.34. The van der Waals surface area contributed by atoms with Crippen LogP contribution in [-0.4, -0.2) is 31.4 Å². The van der Waals surface area contributed by atoms with Crippen molar-refractivity contribution in [2.45, 2.75) is 25.8 Å². The van der Waals surface area contributed by atoms with Gasteiger partial charge >= 0.3 is 11.8 Å². The van der Waals surface area contributed by atoms with Gasteiger partial charge < -0.3 is 20.0 Å². The van der Waals surface area contributed by atoms with E-state index in [2.05, 4.69) is 27.7 Å². The molecule has 1 aromatic heterocycles. The Hall–Kier alpha value is -2.76. The van der Waals surface area contributed by atoms with Gasteiger partial charge in [-0.3, -0.25) is 9.59 Å². The number of rotatable bonds is 6. The normalized spacial score (nSPS) is 14.0. The van der Waals surface area contributed by atoms with E-state index >= 15 is 0 Å². The molecule has 0 bridgehead atoms. The minimum absolute atomic E-state index is 0.151. The molecule has 0 spiro atoms. The monoisotopic (exact) mass is 341 g/mol. The fourth-order valence-electron chi connectivity index (χ4n) is 3.12. The number of nitrogens with zero attached hydrogens (tertiary/aromatic N) is 1. The van der Waals surface area contributed by atoms with Crippen molar-refractivity contribution in [3.05, 3.63) is 54.0 Å². The maximum absolute atomic E-state index is 12.0. The smallest absolute Gasteiger partial charge is 0.309 e. The van der Waals surface area contributed by atoms with Crippen LogP contribution < -0.4 is 15.5 Å². The summed E-state index contributed by atoms with van der Waals surface area (Å²) in [6.07, 6.45) is 3.37. The molecule has 2 N–H and O–H groups in total. The molecule has 3 rings (SSSR count). The van der Waals surface area contributed by atoms with Crippen LogP contribution in [0.15, 0.2) is 47.1 Å². The van der Waals surface area contributed by atoms with E-state index in [0.29, 0.717) is 13.1 Å². The first-order valence-electron chi connectivity index (χ1n) is 8.64. The van der Waals surface area contributed by atoms with Crippen molar-refractivity contribution in [1.82, 2.24) is 10.6 Å². The van der Waals surface area contributed by atoms with Crippen LogP contribution in [0.1, 0.15) is 30.7 Å². The number of hydrogen-bond donors (Lipinski definition) is 2. The van der Waals surface area contributed by atoms with Crippen molar-refractivity contribution < 1.29 is 14.0 Å². The van der Waals surface area contributed by atoms with Crippen LogP contribution in [-0.2, 0) is 16.0 Å². The van der Waals surface area contributed by atoms with Gasteiger partial charge in [0.25, 0.3) is 0 Å². The summed E-state index contributed by atoms with van der Waals surface area (Å²) in [6.45, 7) is 3.59. The Labute approximate surface area is 147 Å². The second-order valence-electron chi connectivity index (χ2n) is 6.07. The maximum Gasteiger partial charge on any atom is 0.309 e. The van der Waals surface area contributed by atoms with Gasteiger partial charge in [-0.2, -0.15) is 0 Å². The van der Waals surface area contributed by atoms with Crippen LogP contribution in [0.25, 0.3) is 0 Å². The molecule has 0 unspecified atom stereocenters. The summed E-state index contributed by atoms with van der Waals surface area (Å²) in [4.78, 5) is 26.0. The zero-order chi connectivity index (χ0) is 17.6.